The van der Waals surface area contributed by atoms with Gasteiger partial charge < -0.3 is 5.11 Å². The van der Waals surface area contributed by atoms with Crippen molar-refractivity contribution in [1.29, 1.82) is 5.26 Å². The maximum Gasteiger partial charge on any atom is 0.401 e. The van der Waals surface area contributed by atoms with Crippen molar-refractivity contribution >= 4 is 0 Å². The Balaban J connectivity index is 1.98. The SMILES string of the molecule is CC1(C)CN(CC(F)(F)F)CCN1CC(O)c1ccc(C#N)cc1. The Morgan fingerprint density at radius 1 is 1.25 bits per heavy atom. The number of alkyl halides is 3. The number of halogens is 3. The van der Waals surface area contributed by atoms with Gasteiger partial charge in [0.1, 0.15) is 0 Å². The van der Waals surface area contributed by atoms with Gasteiger partial charge in [0, 0.05) is 31.7 Å². The topological polar surface area (TPSA) is 50.5 Å². The molecule has 1 atom stereocenters. The van der Waals surface area contributed by atoms with E-state index in [1.165, 1.54) is 4.90 Å². The number of piperazine rings is 1. The molecule has 1 unspecified atom stereocenters. The molecule has 1 fully saturated rings. The van der Waals surface area contributed by atoms with Gasteiger partial charge in [0.15, 0.2) is 0 Å². The summed E-state index contributed by atoms with van der Waals surface area (Å²) in [4.78, 5) is 3.42. The molecule has 7 heteroatoms. The normalized spacial score (nSPS) is 20.5. The summed E-state index contributed by atoms with van der Waals surface area (Å²) < 4.78 is 37.7. The molecule has 0 bridgehead atoms. The van der Waals surface area contributed by atoms with E-state index in [9.17, 15) is 18.3 Å². The number of nitriles is 1. The third-order valence-corrected chi connectivity index (χ3v) is 4.37. The molecule has 24 heavy (non-hydrogen) atoms. The van der Waals surface area contributed by atoms with Crippen LogP contribution < -0.4 is 0 Å². The second-order valence-electron chi connectivity index (χ2n) is 6.83. The van der Waals surface area contributed by atoms with E-state index in [1.807, 2.05) is 24.8 Å². The zero-order chi connectivity index (χ0) is 18.0. The van der Waals surface area contributed by atoms with Crippen LogP contribution in [0.1, 0.15) is 31.1 Å². The number of nitrogens with zero attached hydrogens (tertiary/aromatic N) is 3. The lowest BCUT2D eigenvalue weighted by Crippen LogP contribution is -2.61. The minimum Gasteiger partial charge on any atom is -0.387 e. The highest BCUT2D eigenvalue weighted by Crippen LogP contribution is 2.27. The zero-order valence-corrected chi connectivity index (χ0v) is 13.8. The van der Waals surface area contributed by atoms with Crippen LogP contribution in [0.2, 0.25) is 0 Å². The molecule has 1 heterocycles. The highest BCUT2D eigenvalue weighted by Gasteiger charge is 2.39. The first kappa shape index (κ1) is 18.7. The van der Waals surface area contributed by atoms with Crippen LogP contribution in [-0.2, 0) is 0 Å². The van der Waals surface area contributed by atoms with E-state index in [-0.39, 0.29) is 0 Å². The van der Waals surface area contributed by atoms with Crippen molar-refractivity contribution in [3.63, 3.8) is 0 Å². The summed E-state index contributed by atoms with van der Waals surface area (Å²) in [6.07, 6.45) is -4.94. The molecule has 1 aliphatic heterocycles. The Morgan fingerprint density at radius 3 is 2.38 bits per heavy atom. The highest BCUT2D eigenvalue weighted by atomic mass is 19.4. The van der Waals surface area contributed by atoms with Crippen LogP contribution in [0.15, 0.2) is 24.3 Å². The number of rotatable bonds is 4. The second kappa shape index (κ2) is 7.09. The molecule has 1 saturated heterocycles. The predicted octanol–water partition coefficient (Wildman–Crippen LogP) is 2.55. The van der Waals surface area contributed by atoms with E-state index < -0.39 is 24.4 Å². The third kappa shape index (κ3) is 4.94. The van der Waals surface area contributed by atoms with Gasteiger partial charge in [0.05, 0.1) is 24.3 Å². The zero-order valence-electron chi connectivity index (χ0n) is 13.8. The summed E-state index contributed by atoms with van der Waals surface area (Å²) in [6.45, 7) is 4.31. The smallest absolute Gasteiger partial charge is 0.387 e. The fourth-order valence-corrected chi connectivity index (χ4v) is 3.11. The van der Waals surface area contributed by atoms with Gasteiger partial charge >= 0.3 is 6.18 Å². The fraction of sp³-hybridized carbons (Fsp3) is 0.588. The van der Waals surface area contributed by atoms with Crippen molar-refractivity contribution in [2.45, 2.75) is 31.7 Å². The van der Waals surface area contributed by atoms with Crippen LogP contribution in [0.25, 0.3) is 0 Å². The van der Waals surface area contributed by atoms with Crippen molar-refractivity contribution in [1.82, 2.24) is 9.80 Å². The number of hydrogen-bond donors (Lipinski definition) is 1. The molecule has 2 rings (SSSR count). The maximum atomic E-state index is 12.6. The Morgan fingerprint density at radius 2 is 1.88 bits per heavy atom. The Hall–Kier alpha value is -1.62. The summed E-state index contributed by atoms with van der Waals surface area (Å²) >= 11 is 0. The Kier molecular flexibility index (Phi) is 5.53. The summed E-state index contributed by atoms with van der Waals surface area (Å²) in [5, 5.41) is 19.2. The first-order valence-electron chi connectivity index (χ1n) is 7.83. The number of aliphatic hydroxyl groups excluding tert-OH is 1. The molecule has 1 aliphatic rings. The molecule has 1 aromatic carbocycles. The van der Waals surface area contributed by atoms with E-state index in [2.05, 4.69) is 0 Å². The van der Waals surface area contributed by atoms with Crippen LogP contribution >= 0.6 is 0 Å². The van der Waals surface area contributed by atoms with Crippen molar-refractivity contribution in [3.05, 3.63) is 35.4 Å². The van der Waals surface area contributed by atoms with Gasteiger partial charge in [-0.15, -0.1) is 0 Å². The molecule has 0 saturated carbocycles. The van der Waals surface area contributed by atoms with Crippen molar-refractivity contribution in [2.75, 3.05) is 32.7 Å². The van der Waals surface area contributed by atoms with Crippen LogP contribution in [0.5, 0.6) is 0 Å². The van der Waals surface area contributed by atoms with Crippen LogP contribution in [0, 0.1) is 11.3 Å². The highest BCUT2D eigenvalue weighted by molar-refractivity contribution is 5.32. The number of β-amino-alcohol motifs (C(OH)–C–C–N with tert-alkyl or cyclic N) is 1. The third-order valence-electron chi connectivity index (χ3n) is 4.37. The molecule has 1 aromatic rings. The van der Waals surface area contributed by atoms with Crippen LogP contribution in [-0.4, -0.2) is 59.3 Å². The number of aliphatic hydroxyl groups is 1. The minimum absolute atomic E-state index is 0.298. The number of benzene rings is 1. The summed E-state index contributed by atoms with van der Waals surface area (Å²) in [5.74, 6) is 0. The quantitative estimate of drug-likeness (QED) is 0.914. The van der Waals surface area contributed by atoms with Gasteiger partial charge in [-0.05, 0) is 31.5 Å². The summed E-state index contributed by atoms with van der Waals surface area (Å²) in [6, 6.07) is 8.72. The predicted molar refractivity (Wildman–Crippen MR) is 84.3 cm³/mol. The molecule has 0 amide bonds. The first-order chi connectivity index (χ1) is 11.1. The molecular formula is C17H22F3N3O. The molecule has 0 aliphatic carbocycles. The van der Waals surface area contributed by atoms with Crippen LogP contribution in [0.4, 0.5) is 13.2 Å². The van der Waals surface area contributed by atoms with Crippen molar-refractivity contribution < 1.29 is 18.3 Å². The molecule has 0 spiro atoms. The largest absolute Gasteiger partial charge is 0.401 e. The van der Waals surface area contributed by atoms with Gasteiger partial charge in [-0.3, -0.25) is 9.80 Å². The van der Waals surface area contributed by atoms with Gasteiger partial charge in [-0.25, -0.2) is 0 Å². The van der Waals surface area contributed by atoms with Crippen molar-refractivity contribution in [2.24, 2.45) is 0 Å². The van der Waals surface area contributed by atoms with E-state index in [0.717, 1.165) is 0 Å². The van der Waals surface area contributed by atoms with E-state index in [0.29, 0.717) is 37.3 Å². The average molecular weight is 341 g/mol. The molecular weight excluding hydrogens is 319 g/mol. The lowest BCUT2D eigenvalue weighted by atomic mass is 9.97. The standard InChI is InChI=1S/C17H22F3N3O/c1-16(2)11-22(12-17(18,19)20)7-8-23(16)10-15(24)14-5-3-13(9-21)4-6-14/h3-6,15,24H,7-8,10-12H2,1-2H3. The van der Waals surface area contributed by atoms with Gasteiger partial charge in [0.25, 0.3) is 0 Å². The second-order valence-corrected chi connectivity index (χ2v) is 6.83. The van der Waals surface area contributed by atoms with E-state index in [4.69, 9.17) is 5.26 Å². The van der Waals surface area contributed by atoms with Crippen LogP contribution in [0.3, 0.4) is 0 Å². The average Bonchev–Trinajstić information content (AvgIpc) is 2.48. The minimum atomic E-state index is -4.19. The molecule has 4 nitrogen and oxygen atoms in total. The van der Waals surface area contributed by atoms with Gasteiger partial charge in [-0.1, -0.05) is 12.1 Å². The van der Waals surface area contributed by atoms with Gasteiger partial charge in [0.2, 0.25) is 0 Å². The molecule has 0 aromatic heterocycles. The maximum absolute atomic E-state index is 12.6. The summed E-state index contributed by atoms with van der Waals surface area (Å²) in [5.41, 5.74) is 0.756. The monoisotopic (exact) mass is 341 g/mol. The molecule has 1 N–H and O–H groups in total. The lowest BCUT2D eigenvalue weighted by molar-refractivity contribution is -0.156. The fourth-order valence-electron chi connectivity index (χ4n) is 3.11. The Labute approximate surface area is 140 Å². The van der Waals surface area contributed by atoms with E-state index >= 15 is 0 Å². The van der Waals surface area contributed by atoms with Crippen molar-refractivity contribution in [3.8, 4) is 6.07 Å². The number of hydrogen-bond acceptors (Lipinski definition) is 4. The molecule has 132 valence electrons. The lowest BCUT2D eigenvalue weighted by Gasteiger charge is -2.48. The van der Waals surface area contributed by atoms with E-state index in [1.54, 1.807) is 24.3 Å². The summed E-state index contributed by atoms with van der Waals surface area (Å²) in [7, 11) is 0. The Bertz CT molecular complexity index is 593. The molecule has 0 radical (unpaired) electrons. The first-order valence-corrected chi connectivity index (χ1v) is 7.83. The van der Waals surface area contributed by atoms with Gasteiger partial charge in [-0.2, -0.15) is 18.4 Å².